The van der Waals surface area contributed by atoms with Crippen molar-refractivity contribution < 1.29 is 4.74 Å². The topological polar surface area (TPSA) is 56.1 Å². The molecule has 6 nitrogen and oxygen atoms in total. The molecule has 1 aromatic carbocycles. The molecule has 0 fully saturated rings. The van der Waals surface area contributed by atoms with Gasteiger partial charge in [0.25, 0.3) is 0 Å². The fourth-order valence-electron chi connectivity index (χ4n) is 3.39. The number of hydrogen-bond donors (Lipinski definition) is 0. The van der Waals surface area contributed by atoms with E-state index < -0.39 is 0 Å². The molecular weight excluding hydrogens is 326 g/mol. The van der Waals surface area contributed by atoms with Crippen molar-refractivity contribution in [3.05, 3.63) is 64.9 Å². The van der Waals surface area contributed by atoms with Gasteiger partial charge in [0, 0.05) is 43.9 Å². The maximum absolute atomic E-state index is 5.98. The minimum atomic E-state index is 0.477. The predicted octanol–water partition coefficient (Wildman–Crippen LogP) is 3.12. The molecule has 6 heteroatoms. The van der Waals surface area contributed by atoms with E-state index in [1.807, 2.05) is 36.0 Å². The molecule has 4 rings (SSSR count). The van der Waals surface area contributed by atoms with Gasteiger partial charge >= 0.3 is 0 Å². The number of hydrogen-bond acceptors (Lipinski definition) is 5. The van der Waals surface area contributed by atoms with Gasteiger partial charge in [-0.3, -0.25) is 4.68 Å². The molecule has 0 saturated heterocycles. The van der Waals surface area contributed by atoms with Crippen LogP contribution in [0.3, 0.4) is 0 Å². The molecule has 134 valence electrons. The average Bonchev–Trinajstić information content (AvgIpc) is 3.01. The van der Waals surface area contributed by atoms with E-state index in [-0.39, 0.29) is 0 Å². The largest absolute Gasteiger partial charge is 0.487 e. The summed E-state index contributed by atoms with van der Waals surface area (Å²) in [7, 11) is 2.07. The Morgan fingerprint density at radius 1 is 1.23 bits per heavy atom. The number of para-hydroxylation sites is 1. The number of aryl methyl sites for hydroxylation is 2. The minimum Gasteiger partial charge on any atom is -0.487 e. The van der Waals surface area contributed by atoms with Crippen LogP contribution in [0.4, 0.5) is 5.82 Å². The number of rotatable bonds is 4. The van der Waals surface area contributed by atoms with E-state index in [2.05, 4.69) is 41.2 Å². The highest BCUT2D eigenvalue weighted by molar-refractivity contribution is 5.53. The summed E-state index contributed by atoms with van der Waals surface area (Å²) < 4.78 is 7.92. The first kappa shape index (κ1) is 16.6. The van der Waals surface area contributed by atoms with E-state index in [9.17, 15) is 0 Å². The highest BCUT2D eigenvalue weighted by Crippen LogP contribution is 2.32. The van der Waals surface area contributed by atoms with Crippen LogP contribution in [-0.2, 0) is 26.1 Å². The molecule has 1 aliphatic heterocycles. The first-order valence-corrected chi connectivity index (χ1v) is 8.93. The summed E-state index contributed by atoms with van der Waals surface area (Å²) in [4.78, 5) is 11.6. The zero-order valence-corrected chi connectivity index (χ0v) is 15.4. The van der Waals surface area contributed by atoms with Gasteiger partial charge in [-0.2, -0.15) is 5.10 Å². The van der Waals surface area contributed by atoms with Gasteiger partial charge in [0.2, 0.25) is 0 Å². The second kappa shape index (κ2) is 6.78. The lowest BCUT2D eigenvalue weighted by Gasteiger charge is -2.22. The molecule has 3 aromatic rings. The van der Waals surface area contributed by atoms with E-state index in [0.717, 1.165) is 48.2 Å². The lowest BCUT2D eigenvalue weighted by molar-refractivity contribution is 0.302. The van der Waals surface area contributed by atoms with Crippen LogP contribution in [-0.4, -0.2) is 26.8 Å². The van der Waals surface area contributed by atoms with Crippen LogP contribution in [0.1, 0.15) is 35.1 Å². The van der Waals surface area contributed by atoms with Crippen LogP contribution >= 0.6 is 0 Å². The van der Waals surface area contributed by atoms with E-state index in [0.29, 0.717) is 6.61 Å². The fraction of sp³-hybridized carbons (Fsp3) is 0.350. The number of benzene rings is 1. The Hall–Kier alpha value is -2.89. The van der Waals surface area contributed by atoms with Crippen molar-refractivity contribution in [2.24, 2.45) is 0 Å². The molecule has 0 aliphatic carbocycles. The Labute approximate surface area is 153 Å². The Morgan fingerprint density at radius 3 is 2.88 bits per heavy atom. The highest BCUT2D eigenvalue weighted by atomic mass is 16.5. The van der Waals surface area contributed by atoms with E-state index in [4.69, 9.17) is 9.72 Å². The van der Waals surface area contributed by atoms with Crippen LogP contribution in [0.5, 0.6) is 5.75 Å². The Morgan fingerprint density at radius 2 is 2.08 bits per heavy atom. The second-order valence-corrected chi connectivity index (χ2v) is 6.65. The molecule has 0 saturated carbocycles. The summed E-state index contributed by atoms with van der Waals surface area (Å²) >= 11 is 0. The third-order valence-electron chi connectivity index (χ3n) is 4.68. The maximum Gasteiger partial charge on any atom is 0.136 e. The summed E-state index contributed by atoms with van der Waals surface area (Å²) in [5, 5.41) is 4.37. The molecule has 3 heterocycles. The van der Waals surface area contributed by atoms with Crippen molar-refractivity contribution in [1.82, 2.24) is 19.7 Å². The molecular formula is C20H23N5O. The summed E-state index contributed by atoms with van der Waals surface area (Å²) in [6.45, 7) is 6.13. The third-order valence-corrected chi connectivity index (χ3v) is 4.68. The van der Waals surface area contributed by atoms with Crippen molar-refractivity contribution in [3.63, 3.8) is 0 Å². The molecule has 2 aromatic heterocycles. The zero-order chi connectivity index (χ0) is 18.1. The van der Waals surface area contributed by atoms with E-state index >= 15 is 0 Å². The van der Waals surface area contributed by atoms with Crippen molar-refractivity contribution >= 4 is 5.82 Å². The molecule has 26 heavy (non-hydrogen) atoms. The first-order chi connectivity index (χ1) is 12.6. The Balaban J connectivity index is 1.69. The van der Waals surface area contributed by atoms with Gasteiger partial charge in [0.15, 0.2) is 0 Å². The molecule has 0 spiro atoms. The summed E-state index contributed by atoms with van der Waals surface area (Å²) in [6, 6.07) is 8.18. The Bertz CT molecular complexity index is 934. The van der Waals surface area contributed by atoms with Crippen LogP contribution in [0.15, 0.2) is 36.7 Å². The first-order valence-electron chi connectivity index (χ1n) is 8.93. The van der Waals surface area contributed by atoms with E-state index in [1.165, 1.54) is 11.1 Å². The zero-order valence-electron chi connectivity index (χ0n) is 15.4. The minimum absolute atomic E-state index is 0.477. The molecule has 0 amide bonds. The third kappa shape index (κ3) is 3.14. The van der Waals surface area contributed by atoms with Gasteiger partial charge in [-0.05, 0) is 25.5 Å². The molecule has 1 aliphatic rings. The number of fused-ring (bicyclic) bond motifs is 2. The van der Waals surface area contributed by atoms with Gasteiger partial charge < -0.3 is 9.64 Å². The predicted molar refractivity (Wildman–Crippen MR) is 100 cm³/mol. The summed E-state index contributed by atoms with van der Waals surface area (Å²) in [5.74, 6) is 2.67. The van der Waals surface area contributed by atoms with Gasteiger partial charge in [0.05, 0.1) is 11.9 Å². The van der Waals surface area contributed by atoms with Crippen LogP contribution in [0.25, 0.3) is 0 Å². The van der Waals surface area contributed by atoms with Crippen molar-refractivity contribution in [3.8, 4) is 5.75 Å². The highest BCUT2D eigenvalue weighted by Gasteiger charge is 2.22. The van der Waals surface area contributed by atoms with Crippen LogP contribution < -0.4 is 9.64 Å². The van der Waals surface area contributed by atoms with Gasteiger partial charge in [-0.1, -0.05) is 18.2 Å². The van der Waals surface area contributed by atoms with Crippen molar-refractivity contribution in [2.45, 2.75) is 40.0 Å². The molecule has 0 radical (unpaired) electrons. The number of ether oxygens (including phenoxy) is 1. The summed E-state index contributed by atoms with van der Waals surface area (Å²) in [5.41, 5.74) is 4.46. The number of nitrogens with zero attached hydrogens (tertiary/aromatic N) is 5. The fourth-order valence-corrected chi connectivity index (χ4v) is 3.39. The van der Waals surface area contributed by atoms with Crippen molar-refractivity contribution in [1.29, 1.82) is 0 Å². The normalized spacial score (nSPS) is 12.7. The average molecular weight is 349 g/mol. The molecule has 0 unspecified atom stereocenters. The standard InChI is InChI=1S/C20H23N5O/c1-4-25-12-15(10-21-25)11-24(3)20-17-9-16-7-5-6-8-19(16)26-13-18(17)22-14(2)23-20/h5-8,10,12H,4,9,11,13H2,1-3H3. The lowest BCUT2D eigenvalue weighted by Crippen LogP contribution is -2.21. The van der Waals surface area contributed by atoms with Crippen molar-refractivity contribution in [2.75, 3.05) is 11.9 Å². The van der Waals surface area contributed by atoms with Gasteiger partial charge in [-0.15, -0.1) is 0 Å². The van der Waals surface area contributed by atoms with Gasteiger partial charge in [0.1, 0.15) is 24.0 Å². The van der Waals surface area contributed by atoms with E-state index in [1.54, 1.807) is 0 Å². The lowest BCUT2D eigenvalue weighted by atomic mass is 10.0. The Kier molecular flexibility index (Phi) is 4.32. The van der Waals surface area contributed by atoms with Crippen LogP contribution in [0.2, 0.25) is 0 Å². The summed E-state index contributed by atoms with van der Waals surface area (Å²) in [6.07, 6.45) is 4.78. The second-order valence-electron chi connectivity index (χ2n) is 6.65. The SMILES string of the molecule is CCn1cc(CN(C)c2nc(C)nc3c2Cc2ccccc2OC3)cn1. The molecule has 0 N–H and O–H groups in total. The van der Waals surface area contributed by atoms with Gasteiger partial charge in [-0.25, -0.2) is 9.97 Å². The molecule has 0 bridgehead atoms. The smallest absolute Gasteiger partial charge is 0.136 e. The number of anilines is 1. The quantitative estimate of drug-likeness (QED) is 0.724. The van der Waals surface area contributed by atoms with Crippen LogP contribution in [0, 0.1) is 6.92 Å². The number of aromatic nitrogens is 4. The molecule has 0 atom stereocenters. The monoisotopic (exact) mass is 349 g/mol. The maximum atomic E-state index is 5.98.